The molecular weight excluding hydrogens is 341 g/mol. The lowest BCUT2D eigenvalue weighted by atomic mass is 10.3. The van der Waals surface area contributed by atoms with E-state index >= 15 is 0 Å². The maximum Gasteiger partial charge on any atom is 0.321 e. The highest BCUT2D eigenvalue weighted by Crippen LogP contribution is 2.23. The van der Waals surface area contributed by atoms with Gasteiger partial charge in [0.15, 0.2) is 0 Å². The predicted molar refractivity (Wildman–Crippen MR) is 78.6 cm³/mol. The van der Waals surface area contributed by atoms with Gasteiger partial charge in [0.1, 0.15) is 5.75 Å². The molecule has 2 rings (SSSR count). The van der Waals surface area contributed by atoms with Crippen molar-refractivity contribution in [2.45, 2.75) is 13.5 Å². The van der Waals surface area contributed by atoms with Crippen LogP contribution in [0.2, 0.25) is 0 Å². The molecule has 0 radical (unpaired) electrons. The third-order valence-corrected chi connectivity index (χ3v) is 3.19. The van der Waals surface area contributed by atoms with Crippen LogP contribution in [0.15, 0.2) is 36.7 Å². The predicted octanol–water partition coefficient (Wildman–Crippen LogP) is 2.98. The van der Waals surface area contributed by atoms with Crippen molar-refractivity contribution in [2.75, 3.05) is 6.54 Å². The quantitative estimate of drug-likeness (QED) is 0.838. The van der Waals surface area contributed by atoms with Crippen molar-refractivity contribution < 1.29 is 4.74 Å². The second-order valence-electron chi connectivity index (χ2n) is 3.69. The van der Waals surface area contributed by atoms with Crippen molar-refractivity contribution in [3.8, 4) is 11.8 Å². The van der Waals surface area contributed by atoms with Gasteiger partial charge >= 0.3 is 6.01 Å². The van der Waals surface area contributed by atoms with Crippen molar-refractivity contribution >= 4 is 22.6 Å². The van der Waals surface area contributed by atoms with Crippen LogP contribution < -0.4 is 10.1 Å². The summed E-state index contributed by atoms with van der Waals surface area (Å²) in [5.74, 6) is 0.775. The molecule has 4 nitrogen and oxygen atoms in total. The van der Waals surface area contributed by atoms with Gasteiger partial charge in [-0.05, 0) is 41.3 Å². The highest BCUT2D eigenvalue weighted by molar-refractivity contribution is 14.1. The number of rotatable bonds is 5. The maximum absolute atomic E-state index is 5.62. The Balaban J connectivity index is 2.04. The third-order valence-electron chi connectivity index (χ3n) is 2.30. The zero-order valence-corrected chi connectivity index (χ0v) is 12.2. The van der Waals surface area contributed by atoms with Crippen LogP contribution in [-0.2, 0) is 6.54 Å². The number of nitrogens with zero attached hydrogens (tertiary/aromatic N) is 2. The van der Waals surface area contributed by atoms with E-state index in [0.717, 1.165) is 28.0 Å². The highest BCUT2D eigenvalue weighted by atomic mass is 127. The average Bonchev–Trinajstić information content (AvgIpc) is 2.41. The van der Waals surface area contributed by atoms with Crippen LogP contribution in [0.25, 0.3) is 0 Å². The van der Waals surface area contributed by atoms with E-state index < -0.39 is 0 Å². The molecule has 0 fully saturated rings. The summed E-state index contributed by atoms with van der Waals surface area (Å²) in [6.45, 7) is 3.77. The minimum absolute atomic E-state index is 0.374. The molecule has 1 N–H and O–H groups in total. The molecule has 94 valence electrons. The molecular formula is C13H14IN3O. The summed E-state index contributed by atoms with van der Waals surface area (Å²) < 4.78 is 6.66. The number of hydrogen-bond acceptors (Lipinski definition) is 4. The Morgan fingerprint density at radius 3 is 2.61 bits per heavy atom. The standard InChI is InChI=1S/C13H14IN3O/c1-2-15-7-10-8-16-13(17-9-10)18-12-6-4-3-5-11(12)14/h3-6,8-9,15H,2,7H2,1H3. The van der Waals surface area contributed by atoms with Crippen LogP contribution >= 0.6 is 22.6 Å². The lowest BCUT2D eigenvalue weighted by molar-refractivity contribution is 0.438. The number of nitrogens with one attached hydrogen (secondary N) is 1. The summed E-state index contributed by atoms with van der Waals surface area (Å²) in [6, 6.07) is 8.15. The topological polar surface area (TPSA) is 47.0 Å². The fourth-order valence-corrected chi connectivity index (χ4v) is 1.88. The minimum Gasteiger partial charge on any atom is -0.423 e. The molecule has 0 saturated heterocycles. The molecule has 5 heteroatoms. The van der Waals surface area contributed by atoms with E-state index in [1.165, 1.54) is 0 Å². The van der Waals surface area contributed by atoms with Crippen molar-refractivity contribution in [2.24, 2.45) is 0 Å². The van der Waals surface area contributed by atoms with Crippen LogP contribution in [0, 0.1) is 3.57 Å². The summed E-state index contributed by atoms with van der Waals surface area (Å²) in [7, 11) is 0. The maximum atomic E-state index is 5.62. The van der Waals surface area contributed by atoms with Crippen LogP contribution in [-0.4, -0.2) is 16.5 Å². The van der Waals surface area contributed by atoms with Gasteiger partial charge in [-0.15, -0.1) is 0 Å². The lowest BCUT2D eigenvalue weighted by Gasteiger charge is -2.06. The van der Waals surface area contributed by atoms with E-state index in [4.69, 9.17) is 4.74 Å². The zero-order valence-electron chi connectivity index (χ0n) is 10.1. The molecule has 0 aliphatic heterocycles. The van der Waals surface area contributed by atoms with E-state index in [1.807, 2.05) is 24.3 Å². The Morgan fingerprint density at radius 1 is 1.22 bits per heavy atom. The Bertz CT molecular complexity index is 502. The monoisotopic (exact) mass is 355 g/mol. The minimum atomic E-state index is 0.374. The Labute approximate surface area is 120 Å². The molecule has 2 aromatic rings. The Hall–Kier alpha value is -1.21. The van der Waals surface area contributed by atoms with Gasteiger partial charge in [-0.2, -0.15) is 0 Å². The van der Waals surface area contributed by atoms with E-state index in [0.29, 0.717) is 6.01 Å². The van der Waals surface area contributed by atoms with Crippen LogP contribution in [0.1, 0.15) is 12.5 Å². The largest absolute Gasteiger partial charge is 0.423 e. The fourth-order valence-electron chi connectivity index (χ4n) is 1.38. The number of ether oxygens (including phenoxy) is 1. The number of halogens is 1. The van der Waals surface area contributed by atoms with E-state index in [2.05, 4.69) is 44.8 Å². The van der Waals surface area contributed by atoms with Gasteiger partial charge in [-0.1, -0.05) is 19.1 Å². The molecule has 0 bridgehead atoms. The third kappa shape index (κ3) is 3.64. The molecule has 0 aliphatic rings. The first-order chi connectivity index (χ1) is 8.79. The van der Waals surface area contributed by atoms with Crippen molar-refractivity contribution in [3.05, 3.63) is 45.8 Å². The molecule has 0 spiro atoms. The van der Waals surface area contributed by atoms with Crippen molar-refractivity contribution in [1.82, 2.24) is 15.3 Å². The highest BCUT2D eigenvalue weighted by Gasteiger charge is 2.03. The molecule has 1 aromatic carbocycles. The normalized spacial score (nSPS) is 10.3. The van der Waals surface area contributed by atoms with E-state index in [-0.39, 0.29) is 0 Å². The van der Waals surface area contributed by atoms with Gasteiger partial charge in [0.25, 0.3) is 0 Å². The summed E-state index contributed by atoms with van der Waals surface area (Å²) in [4.78, 5) is 8.38. The van der Waals surface area contributed by atoms with Gasteiger partial charge in [-0.3, -0.25) is 0 Å². The summed E-state index contributed by atoms with van der Waals surface area (Å²) in [6.07, 6.45) is 3.56. The van der Waals surface area contributed by atoms with Gasteiger partial charge in [0.2, 0.25) is 0 Å². The molecule has 0 saturated carbocycles. The second-order valence-corrected chi connectivity index (χ2v) is 4.85. The molecule has 0 unspecified atom stereocenters. The first-order valence-corrected chi connectivity index (χ1v) is 6.81. The molecule has 0 amide bonds. The molecule has 18 heavy (non-hydrogen) atoms. The SMILES string of the molecule is CCNCc1cnc(Oc2ccccc2I)nc1. The van der Waals surface area contributed by atoms with Gasteiger partial charge in [0, 0.05) is 24.5 Å². The number of para-hydroxylation sites is 1. The Morgan fingerprint density at radius 2 is 1.94 bits per heavy atom. The van der Waals surface area contributed by atoms with E-state index in [1.54, 1.807) is 12.4 Å². The van der Waals surface area contributed by atoms with E-state index in [9.17, 15) is 0 Å². The molecule has 0 aliphatic carbocycles. The summed E-state index contributed by atoms with van der Waals surface area (Å²) in [5, 5.41) is 3.22. The van der Waals surface area contributed by atoms with Gasteiger partial charge in [0.05, 0.1) is 3.57 Å². The summed E-state index contributed by atoms with van der Waals surface area (Å²) >= 11 is 2.22. The average molecular weight is 355 g/mol. The number of aromatic nitrogens is 2. The smallest absolute Gasteiger partial charge is 0.321 e. The van der Waals surface area contributed by atoms with Crippen LogP contribution in [0.3, 0.4) is 0 Å². The fraction of sp³-hybridized carbons (Fsp3) is 0.231. The zero-order chi connectivity index (χ0) is 12.8. The Kier molecular flexibility index (Phi) is 4.89. The molecule has 0 atom stereocenters. The number of benzene rings is 1. The lowest BCUT2D eigenvalue weighted by Crippen LogP contribution is -2.12. The first kappa shape index (κ1) is 13.2. The second kappa shape index (κ2) is 6.65. The van der Waals surface area contributed by atoms with Crippen molar-refractivity contribution in [1.29, 1.82) is 0 Å². The molecule has 1 aromatic heterocycles. The van der Waals surface area contributed by atoms with Crippen molar-refractivity contribution in [3.63, 3.8) is 0 Å². The number of hydrogen-bond donors (Lipinski definition) is 1. The molecule has 1 heterocycles. The van der Waals surface area contributed by atoms with Crippen LogP contribution in [0.5, 0.6) is 11.8 Å². The van der Waals surface area contributed by atoms with Gasteiger partial charge in [-0.25, -0.2) is 9.97 Å². The summed E-state index contributed by atoms with van der Waals surface area (Å²) in [5.41, 5.74) is 1.05. The van der Waals surface area contributed by atoms with Gasteiger partial charge < -0.3 is 10.1 Å². The van der Waals surface area contributed by atoms with Crippen LogP contribution in [0.4, 0.5) is 0 Å². The first-order valence-electron chi connectivity index (χ1n) is 5.73.